The minimum atomic E-state index is -1.05. The maximum absolute atomic E-state index is 10.7. The van der Waals surface area contributed by atoms with E-state index in [1.54, 1.807) is 17.4 Å². The predicted molar refractivity (Wildman–Crippen MR) is 67.8 cm³/mol. The molecule has 2 rings (SSSR count). The van der Waals surface area contributed by atoms with E-state index in [4.69, 9.17) is 9.52 Å². The van der Waals surface area contributed by atoms with Crippen LogP contribution in [0.3, 0.4) is 0 Å². The molecular formula is C12H14N2O3S. The first kappa shape index (κ1) is 12.8. The van der Waals surface area contributed by atoms with E-state index < -0.39 is 5.97 Å². The Labute approximate surface area is 108 Å². The lowest BCUT2D eigenvalue weighted by molar-refractivity contribution is 0.0660. The standard InChI is InChI=1S/C12H14N2O3S/c1-7-5-14-11(18-7)8(2)13-6-9-3-4-10(17-9)12(15)16/h3-5,8,13H,6H2,1-2H3,(H,15,16). The molecule has 1 atom stereocenters. The average molecular weight is 266 g/mol. The van der Waals surface area contributed by atoms with Crippen molar-refractivity contribution in [2.75, 3.05) is 0 Å². The van der Waals surface area contributed by atoms with Crippen molar-refractivity contribution in [3.63, 3.8) is 0 Å². The molecule has 0 aliphatic carbocycles. The van der Waals surface area contributed by atoms with Gasteiger partial charge in [-0.15, -0.1) is 11.3 Å². The van der Waals surface area contributed by atoms with Crippen molar-refractivity contribution in [2.45, 2.75) is 26.4 Å². The summed E-state index contributed by atoms with van der Waals surface area (Å²) in [5.74, 6) is -0.484. The van der Waals surface area contributed by atoms with Crippen LogP contribution in [0.15, 0.2) is 22.7 Å². The van der Waals surface area contributed by atoms with Gasteiger partial charge in [-0.1, -0.05) is 0 Å². The van der Waals surface area contributed by atoms with Crippen LogP contribution in [-0.4, -0.2) is 16.1 Å². The largest absolute Gasteiger partial charge is 0.475 e. The van der Waals surface area contributed by atoms with Crippen LogP contribution in [0.1, 0.15) is 39.2 Å². The molecule has 0 aliphatic rings. The van der Waals surface area contributed by atoms with Crippen LogP contribution in [0.4, 0.5) is 0 Å². The van der Waals surface area contributed by atoms with Crippen LogP contribution >= 0.6 is 11.3 Å². The summed E-state index contributed by atoms with van der Waals surface area (Å²) in [6.45, 7) is 4.51. The van der Waals surface area contributed by atoms with Crippen LogP contribution in [0.25, 0.3) is 0 Å². The van der Waals surface area contributed by atoms with Gasteiger partial charge in [0.15, 0.2) is 0 Å². The van der Waals surface area contributed by atoms with Gasteiger partial charge in [-0.25, -0.2) is 9.78 Å². The van der Waals surface area contributed by atoms with Gasteiger partial charge in [-0.05, 0) is 26.0 Å². The maximum atomic E-state index is 10.7. The Morgan fingerprint density at radius 3 is 2.94 bits per heavy atom. The molecular weight excluding hydrogens is 252 g/mol. The molecule has 18 heavy (non-hydrogen) atoms. The summed E-state index contributed by atoms with van der Waals surface area (Å²) in [7, 11) is 0. The van der Waals surface area contributed by atoms with Gasteiger partial charge in [0.25, 0.3) is 0 Å². The van der Waals surface area contributed by atoms with Gasteiger partial charge < -0.3 is 14.8 Å². The van der Waals surface area contributed by atoms with Crippen molar-refractivity contribution in [1.29, 1.82) is 0 Å². The van der Waals surface area contributed by atoms with E-state index in [9.17, 15) is 4.79 Å². The van der Waals surface area contributed by atoms with Gasteiger partial charge in [-0.3, -0.25) is 0 Å². The van der Waals surface area contributed by atoms with Crippen molar-refractivity contribution in [3.05, 3.63) is 39.7 Å². The maximum Gasteiger partial charge on any atom is 0.371 e. The van der Waals surface area contributed by atoms with Crippen LogP contribution < -0.4 is 5.32 Å². The molecule has 2 N–H and O–H groups in total. The van der Waals surface area contributed by atoms with E-state index in [0.29, 0.717) is 12.3 Å². The Balaban J connectivity index is 1.92. The lowest BCUT2D eigenvalue weighted by Crippen LogP contribution is -2.17. The van der Waals surface area contributed by atoms with Crippen molar-refractivity contribution in [2.24, 2.45) is 0 Å². The van der Waals surface area contributed by atoms with E-state index in [1.807, 2.05) is 20.0 Å². The third-order valence-electron chi connectivity index (χ3n) is 2.46. The van der Waals surface area contributed by atoms with Crippen LogP contribution in [-0.2, 0) is 6.54 Å². The molecule has 0 saturated carbocycles. The Hall–Kier alpha value is -1.66. The van der Waals surface area contributed by atoms with Gasteiger partial charge in [0, 0.05) is 11.1 Å². The minimum absolute atomic E-state index is 0.0375. The first-order valence-electron chi connectivity index (χ1n) is 5.54. The molecule has 0 aliphatic heterocycles. The first-order valence-corrected chi connectivity index (χ1v) is 6.35. The van der Waals surface area contributed by atoms with Gasteiger partial charge in [0.05, 0.1) is 12.6 Å². The molecule has 0 bridgehead atoms. The smallest absolute Gasteiger partial charge is 0.371 e. The molecule has 2 heterocycles. The highest BCUT2D eigenvalue weighted by molar-refractivity contribution is 7.11. The van der Waals surface area contributed by atoms with Crippen molar-refractivity contribution in [1.82, 2.24) is 10.3 Å². The lowest BCUT2D eigenvalue weighted by Gasteiger charge is -2.09. The number of hydrogen-bond donors (Lipinski definition) is 2. The fourth-order valence-electron chi connectivity index (χ4n) is 1.50. The number of aromatic carboxylic acids is 1. The normalized spacial score (nSPS) is 12.6. The number of rotatable bonds is 5. The van der Waals surface area contributed by atoms with Crippen molar-refractivity contribution in [3.8, 4) is 0 Å². The molecule has 0 saturated heterocycles. The van der Waals surface area contributed by atoms with Crippen LogP contribution in [0.2, 0.25) is 0 Å². The number of furan rings is 1. The quantitative estimate of drug-likeness (QED) is 0.870. The molecule has 0 spiro atoms. The highest BCUT2D eigenvalue weighted by atomic mass is 32.1. The molecule has 0 radical (unpaired) electrons. The fraction of sp³-hybridized carbons (Fsp3) is 0.333. The molecule has 0 aromatic carbocycles. The first-order chi connectivity index (χ1) is 8.56. The number of aryl methyl sites for hydroxylation is 1. The number of aromatic nitrogens is 1. The summed E-state index contributed by atoms with van der Waals surface area (Å²) >= 11 is 1.64. The summed E-state index contributed by atoms with van der Waals surface area (Å²) in [4.78, 5) is 16.1. The second-order valence-electron chi connectivity index (χ2n) is 3.98. The fourth-order valence-corrected chi connectivity index (χ4v) is 2.30. The average Bonchev–Trinajstić information content (AvgIpc) is 2.94. The number of carboxylic acids is 1. The number of carbonyl (C=O) groups is 1. The Kier molecular flexibility index (Phi) is 3.78. The lowest BCUT2D eigenvalue weighted by atomic mass is 10.3. The molecule has 6 heteroatoms. The predicted octanol–water partition coefficient (Wildman–Crippen LogP) is 2.59. The monoisotopic (exact) mass is 266 g/mol. The Morgan fingerprint density at radius 2 is 2.39 bits per heavy atom. The summed E-state index contributed by atoms with van der Waals surface area (Å²) in [6, 6.07) is 3.23. The Bertz CT molecular complexity index is 547. The van der Waals surface area contributed by atoms with Crippen molar-refractivity contribution >= 4 is 17.3 Å². The molecule has 0 fully saturated rings. The molecule has 2 aromatic heterocycles. The zero-order valence-corrected chi connectivity index (χ0v) is 11.0. The molecule has 2 aromatic rings. The number of nitrogens with zero attached hydrogens (tertiary/aromatic N) is 1. The van der Waals surface area contributed by atoms with Crippen molar-refractivity contribution < 1.29 is 14.3 Å². The third kappa shape index (κ3) is 2.96. The van der Waals surface area contributed by atoms with Gasteiger partial charge in [0.1, 0.15) is 10.8 Å². The third-order valence-corrected chi connectivity index (χ3v) is 3.56. The topological polar surface area (TPSA) is 75.4 Å². The summed E-state index contributed by atoms with van der Waals surface area (Å²) in [5.41, 5.74) is 0. The molecule has 96 valence electrons. The summed E-state index contributed by atoms with van der Waals surface area (Å²) < 4.78 is 5.16. The van der Waals surface area contributed by atoms with Gasteiger partial charge in [0.2, 0.25) is 5.76 Å². The minimum Gasteiger partial charge on any atom is -0.475 e. The van der Waals surface area contributed by atoms with E-state index in [-0.39, 0.29) is 11.8 Å². The zero-order valence-electron chi connectivity index (χ0n) is 10.1. The number of hydrogen-bond acceptors (Lipinski definition) is 5. The highest BCUT2D eigenvalue weighted by Crippen LogP contribution is 2.19. The van der Waals surface area contributed by atoms with E-state index in [0.717, 1.165) is 5.01 Å². The van der Waals surface area contributed by atoms with Gasteiger partial charge in [-0.2, -0.15) is 0 Å². The second kappa shape index (κ2) is 5.32. The van der Waals surface area contributed by atoms with Gasteiger partial charge >= 0.3 is 5.97 Å². The zero-order chi connectivity index (χ0) is 13.1. The van der Waals surface area contributed by atoms with Crippen LogP contribution in [0, 0.1) is 6.92 Å². The number of thiazole rings is 1. The van der Waals surface area contributed by atoms with Crippen LogP contribution in [0.5, 0.6) is 0 Å². The molecule has 5 nitrogen and oxygen atoms in total. The van der Waals surface area contributed by atoms with E-state index in [2.05, 4.69) is 10.3 Å². The van der Waals surface area contributed by atoms with E-state index >= 15 is 0 Å². The summed E-state index contributed by atoms with van der Waals surface area (Å²) in [6.07, 6.45) is 1.84. The molecule has 1 unspecified atom stereocenters. The molecule has 0 amide bonds. The number of carboxylic acid groups (broad SMARTS) is 1. The highest BCUT2D eigenvalue weighted by Gasteiger charge is 2.12. The Morgan fingerprint density at radius 1 is 1.61 bits per heavy atom. The second-order valence-corrected chi connectivity index (χ2v) is 5.25. The SMILES string of the molecule is Cc1cnc(C(C)NCc2ccc(C(=O)O)o2)s1. The number of nitrogens with one attached hydrogen (secondary N) is 1. The van der Waals surface area contributed by atoms with E-state index in [1.165, 1.54) is 10.9 Å². The summed E-state index contributed by atoms with van der Waals surface area (Å²) in [5, 5.41) is 13.0.